The Labute approximate surface area is 179 Å². The number of carbonyl (C=O) groups is 2. The molecule has 0 spiro atoms. The molecule has 0 saturated carbocycles. The monoisotopic (exact) mass is 437 g/mol. The summed E-state index contributed by atoms with van der Waals surface area (Å²) in [6, 6.07) is 11.9. The third-order valence-electron chi connectivity index (χ3n) is 3.85. The molecule has 2 rings (SSSR count). The molecule has 0 radical (unpaired) electrons. The van der Waals surface area contributed by atoms with E-state index in [9.17, 15) is 14.8 Å². The van der Waals surface area contributed by atoms with Gasteiger partial charge in [-0.25, -0.2) is 4.79 Å². The van der Waals surface area contributed by atoms with Crippen molar-refractivity contribution in [3.8, 4) is 0 Å². The Hall–Kier alpha value is -2.22. The number of halogens is 1. The summed E-state index contributed by atoms with van der Waals surface area (Å²) in [7, 11) is 0. The van der Waals surface area contributed by atoms with Crippen molar-refractivity contribution in [2.75, 3.05) is 12.1 Å². The first-order chi connectivity index (χ1) is 13.8. The molecule has 0 amide bonds. The number of benzene rings is 2. The molecule has 2 aromatic carbocycles. The highest BCUT2D eigenvalue weighted by atomic mass is 35.5. The minimum atomic E-state index is -0.588. The molecule has 2 aromatic rings. The van der Waals surface area contributed by atoms with Crippen LogP contribution >= 0.6 is 23.4 Å². The van der Waals surface area contributed by atoms with Crippen LogP contribution in [0.25, 0.3) is 0 Å². The first-order valence-electron chi connectivity index (χ1n) is 9.17. The van der Waals surface area contributed by atoms with Gasteiger partial charge >= 0.3 is 11.9 Å². The van der Waals surface area contributed by atoms with Crippen molar-refractivity contribution in [1.29, 1.82) is 0 Å². The number of hydrogen-bond donors (Lipinski definition) is 2. The average Bonchev–Trinajstić information content (AvgIpc) is 2.68. The largest absolute Gasteiger partial charge is 0.465 e. The maximum Gasteiger partial charge on any atom is 0.338 e. The van der Waals surface area contributed by atoms with E-state index in [1.807, 2.05) is 0 Å². The molecule has 0 aromatic heterocycles. The number of anilines is 1. The molecule has 2 N–H and O–H groups in total. The molecule has 0 bridgehead atoms. The molecule has 1 atom stereocenters. The summed E-state index contributed by atoms with van der Waals surface area (Å²) in [5, 5.41) is 9.17. The van der Waals surface area contributed by atoms with Gasteiger partial charge in [0.05, 0.1) is 33.9 Å². The van der Waals surface area contributed by atoms with Gasteiger partial charge in [0, 0.05) is 0 Å². The summed E-state index contributed by atoms with van der Waals surface area (Å²) in [6.07, 6.45) is 0.163. The van der Waals surface area contributed by atoms with Crippen LogP contribution in [0.5, 0.6) is 0 Å². The fraction of sp³-hybridized carbons (Fsp3) is 0.333. The topological polar surface area (TPSA) is 84.9 Å². The van der Waals surface area contributed by atoms with E-state index in [-0.39, 0.29) is 18.7 Å². The highest BCUT2D eigenvalue weighted by Gasteiger charge is 2.24. The fourth-order valence-electron chi connectivity index (χ4n) is 2.54. The Kier molecular flexibility index (Phi) is 8.82. The van der Waals surface area contributed by atoms with Gasteiger partial charge in [-0.05, 0) is 57.0 Å². The third kappa shape index (κ3) is 6.66. The maximum absolute atomic E-state index is 12.5. The number of nitrogens with one attached hydrogen (secondary N) is 1. The Morgan fingerprint density at radius 3 is 2.45 bits per heavy atom. The van der Waals surface area contributed by atoms with Gasteiger partial charge in [0.1, 0.15) is 5.25 Å². The van der Waals surface area contributed by atoms with Gasteiger partial charge < -0.3 is 9.47 Å². The summed E-state index contributed by atoms with van der Waals surface area (Å²) in [6.45, 7) is 5.57. The molecule has 29 heavy (non-hydrogen) atoms. The molecule has 0 saturated heterocycles. The number of rotatable bonds is 9. The lowest BCUT2D eigenvalue weighted by molar-refractivity contribution is -0.142. The number of ether oxygens (including phenoxy) is 2. The zero-order valence-corrected chi connectivity index (χ0v) is 18.0. The molecule has 0 fully saturated rings. The van der Waals surface area contributed by atoms with Crippen molar-refractivity contribution >= 4 is 41.0 Å². The highest BCUT2D eigenvalue weighted by molar-refractivity contribution is 8.00. The van der Waals surface area contributed by atoms with Crippen molar-refractivity contribution in [3.05, 3.63) is 58.6 Å². The van der Waals surface area contributed by atoms with Crippen molar-refractivity contribution in [1.82, 2.24) is 0 Å². The number of esters is 2. The van der Waals surface area contributed by atoms with Gasteiger partial charge in [0.2, 0.25) is 0 Å². The predicted molar refractivity (Wildman–Crippen MR) is 114 cm³/mol. The molecular formula is C21H24ClNO5S. The Morgan fingerprint density at radius 2 is 1.86 bits per heavy atom. The van der Waals surface area contributed by atoms with Gasteiger partial charge in [0.25, 0.3) is 0 Å². The van der Waals surface area contributed by atoms with Gasteiger partial charge in [-0.1, -0.05) is 29.8 Å². The van der Waals surface area contributed by atoms with E-state index in [0.29, 0.717) is 27.6 Å². The van der Waals surface area contributed by atoms with E-state index in [2.05, 4.69) is 5.48 Å². The Bertz CT molecular complexity index is 841. The van der Waals surface area contributed by atoms with E-state index in [1.54, 1.807) is 63.2 Å². The van der Waals surface area contributed by atoms with Crippen LogP contribution in [-0.2, 0) is 20.7 Å². The second-order valence-electron chi connectivity index (χ2n) is 6.44. The molecule has 0 aliphatic heterocycles. The van der Waals surface area contributed by atoms with Crippen molar-refractivity contribution in [2.24, 2.45) is 0 Å². The van der Waals surface area contributed by atoms with Crippen LogP contribution in [0.3, 0.4) is 0 Å². The Balaban J connectivity index is 2.21. The van der Waals surface area contributed by atoms with Crippen molar-refractivity contribution < 1.29 is 24.3 Å². The standard InChI is InChI=1S/C21H24ClNO5S/c1-4-27-21(25)18(29-19-16(22)6-5-7-17(19)23-26)12-14-8-10-15(11-9-14)20(24)28-13(2)3/h5-11,13,18,23,26H,4,12H2,1-3H3. The van der Waals surface area contributed by atoms with E-state index in [1.165, 1.54) is 11.8 Å². The van der Waals surface area contributed by atoms with Crippen molar-refractivity contribution in [2.45, 2.75) is 43.4 Å². The summed E-state index contributed by atoms with van der Waals surface area (Å²) < 4.78 is 10.4. The second kappa shape index (κ2) is 11.1. The van der Waals surface area contributed by atoms with E-state index in [4.69, 9.17) is 21.1 Å². The molecule has 156 valence electrons. The van der Waals surface area contributed by atoms with Gasteiger partial charge in [-0.2, -0.15) is 0 Å². The van der Waals surface area contributed by atoms with E-state index >= 15 is 0 Å². The van der Waals surface area contributed by atoms with Crippen LogP contribution < -0.4 is 5.48 Å². The maximum atomic E-state index is 12.5. The SMILES string of the molecule is CCOC(=O)C(Cc1ccc(C(=O)OC(C)C)cc1)Sc1c(Cl)cccc1NO. The van der Waals surface area contributed by atoms with Crippen LogP contribution in [-0.4, -0.2) is 35.1 Å². The molecule has 0 aliphatic rings. The van der Waals surface area contributed by atoms with Crippen LogP contribution in [0.2, 0.25) is 5.02 Å². The molecule has 0 heterocycles. The van der Waals surface area contributed by atoms with Gasteiger partial charge in [0.15, 0.2) is 0 Å². The van der Waals surface area contributed by atoms with Crippen LogP contribution in [0.15, 0.2) is 47.4 Å². The lowest BCUT2D eigenvalue weighted by Crippen LogP contribution is -2.23. The van der Waals surface area contributed by atoms with Gasteiger partial charge in [-0.15, -0.1) is 11.8 Å². The first kappa shape index (κ1) is 23.1. The minimum absolute atomic E-state index is 0.197. The smallest absolute Gasteiger partial charge is 0.338 e. The fourth-order valence-corrected chi connectivity index (χ4v) is 3.99. The summed E-state index contributed by atoms with van der Waals surface area (Å²) in [5.41, 5.74) is 3.80. The predicted octanol–water partition coefficient (Wildman–Crippen LogP) is 4.97. The molecule has 1 unspecified atom stereocenters. The molecule has 0 aliphatic carbocycles. The number of carbonyl (C=O) groups excluding carboxylic acids is 2. The molecular weight excluding hydrogens is 414 g/mol. The lowest BCUT2D eigenvalue weighted by atomic mass is 10.1. The second-order valence-corrected chi connectivity index (χ2v) is 8.06. The third-order valence-corrected chi connectivity index (χ3v) is 5.60. The zero-order valence-electron chi connectivity index (χ0n) is 16.5. The summed E-state index contributed by atoms with van der Waals surface area (Å²) in [4.78, 5) is 25.0. The average molecular weight is 438 g/mol. The molecule has 8 heteroatoms. The minimum Gasteiger partial charge on any atom is -0.465 e. The van der Waals surface area contributed by atoms with E-state index < -0.39 is 11.2 Å². The van der Waals surface area contributed by atoms with Gasteiger partial charge in [-0.3, -0.25) is 15.5 Å². The first-order valence-corrected chi connectivity index (χ1v) is 10.4. The van der Waals surface area contributed by atoms with Crippen LogP contribution in [0, 0.1) is 0 Å². The Morgan fingerprint density at radius 1 is 1.17 bits per heavy atom. The highest BCUT2D eigenvalue weighted by Crippen LogP contribution is 2.38. The van der Waals surface area contributed by atoms with Crippen LogP contribution in [0.1, 0.15) is 36.7 Å². The number of hydrogen-bond acceptors (Lipinski definition) is 7. The summed E-state index contributed by atoms with van der Waals surface area (Å²) >= 11 is 7.47. The quantitative estimate of drug-likeness (QED) is 0.325. The van der Waals surface area contributed by atoms with Crippen molar-refractivity contribution in [3.63, 3.8) is 0 Å². The van der Waals surface area contributed by atoms with Crippen LogP contribution in [0.4, 0.5) is 5.69 Å². The van der Waals surface area contributed by atoms with E-state index in [0.717, 1.165) is 5.56 Å². The number of thioether (sulfide) groups is 1. The normalized spacial score (nSPS) is 11.8. The molecule has 6 nitrogen and oxygen atoms in total. The lowest BCUT2D eigenvalue weighted by Gasteiger charge is -2.18. The zero-order chi connectivity index (χ0) is 21.4. The summed E-state index contributed by atoms with van der Waals surface area (Å²) in [5.74, 6) is -0.776.